The Morgan fingerprint density at radius 1 is 0.909 bits per heavy atom. The van der Waals surface area contributed by atoms with Gasteiger partial charge in [-0.2, -0.15) is 0 Å². The summed E-state index contributed by atoms with van der Waals surface area (Å²) in [5.41, 5.74) is 0.825. The fraction of sp³-hybridized carbons (Fsp3) is 0.474. The summed E-state index contributed by atoms with van der Waals surface area (Å²) in [5, 5.41) is 2.58. The minimum absolute atomic E-state index is 0.142. The Morgan fingerprint density at radius 3 is 2.14 bits per heavy atom. The second kappa shape index (κ2) is 5.40. The number of hydrogen-bond acceptors (Lipinski definition) is 2. The summed E-state index contributed by atoms with van der Waals surface area (Å²) in [7, 11) is -0.142. The molecule has 0 radical (unpaired) electrons. The van der Waals surface area contributed by atoms with Gasteiger partial charge in [-0.15, -0.1) is 0 Å². The van der Waals surface area contributed by atoms with Crippen molar-refractivity contribution in [2.24, 2.45) is 0 Å². The van der Waals surface area contributed by atoms with Crippen LogP contribution >= 0.6 is 0 Å². The fourth-order valence-electron chi connectivity index (χ4n) is 2.95. The number of fused-ring (bicyclic) bond motifs is 1. The van der Waals surface area contributed by atoms with E-state index in [1.165, 1.54) is 16.3 Å². The highest BCUT2D eigenvalue weighted by Crippen LogP contribution is 2.40. The Hall–Kier alpha value is -1.32. The van der Waals surface area contributed by atoms with Gasteiger partial charge in [0.15, 0.2) is 0 Å². The van der Waals surface area contributed by atoms with Crippen LogP contribution in [0, 0.1) is 0 Å². The number of benzene rings is 2. The van der Waals surface area contributed by atoms with Gasteiger partial charge in [0.05, 0.1) is 11.2 Å². The first-order valence-electron chi connectivity index (χ1n) is 8.12. The van der Waals surface area contributed by atoms with Gasteiger partial charge >= 0.3 is 7.12 Å². The van der Waals surface area contributed by atoms with E-state index in [0.29, 0.717) is 5.82 Å². The van der Waals surface area contributed by atoms with E-state index >= 15 is 0 Å². The lowest BCUT2D eigenvalue weighted by molar-refractivity contribution is 0.00578. The second-order valence-corrected chi connectivity index (χ2v) is 7.49. The van der Waals surface area contributed by atoms with E-state index < -0.39 is 0 Å². The molecule has 2 nitrogen and oxygen atoms in total. The minimum atomic E-state index is -0.255. The van der Waals surface area contributed by atoms with Gasteiger partial charge in [-0.25, -0.2) is 0 Å². The lowest BCUT2D eigenvalue weighted by Gasteiger charge is -2.32. The molecule has 22 heavy (non-hydrogen) atoms. The molecule has 3 heteroatoms. The highest BCUT2D eigenvalue weighted by atomic mass is 16.7. The number of rotatable bonds is 3. The van der Waals surface area contributed by atoms with Crippen molar-refractivity contribution in [2.45, 2.75) is 58.1 Å². The van der Waals surface area contributed by atoms with E-state index in [4.69, 9.17) is 9.31 Å². The van der Waals surface area contributed by atoms with Gasteiger partial charge in [-0.1, -0.05) is 49.4 Å². The van der Waals surface area contributed by atoms with Crippen LogP contribution in [0.1, 0.15) is 40.2 Å². The van der Waals surface area contributed by atoms with Crippen molar-refractivity contribution < 1.29 is 9.31 Å². The smallest absolute Gasteiger partial charge is 0.403 e. The highest BCUT2D eigenvalue weighted by Gasteiger charge is 2.52. The zero-order chi connectivity index (χ0) is 16.0. The van der Waals surface area contributed by atoms with Crippen molar-refractivity contribution >= 4 is 17.9 Å². The molecule has 0 aromatic heterocycles. The molecule has 0 amide bonds. The molecule has 0 bridgehead atoms. The molecule has 1 aliphatic heterocycles. The standard InChI is InChI=1S/C19H25BO2/c1-14(20-21-18(2,3)19(4,5)22-20)12-15-10-11-16-8-6-7-9-17(16)13-15/h6-11,13-14H,12H2,1-5H3. The molecule has 1 atom stereocenters. The van der Waals surface area contributed by atoms with E-state index in [9.17, 15) is 0 Å². The van der Waals surface area contributed by atoms with Gasteiger partial charge in [0.2, 0.25) is 0 Å². The molecule has 3 rings (SSSR count). The molecule has 2 aromatic rings. The maximum atomic E-state index is 6.16. The van der Waals surface area contributed by atoms with Crippen LogP contribution in [0.15, 0.2) is 42.5 Å². The minimum Gasteiger partial charge on any atom is -0.403 e. The van der Waals surface area contributed by atoms with Gasteiger partial charge in [-0.3, -0.25) is 0 Å². The molecular formula is C19H25BO2. The van der Waals surface area contributed by atoms with Crippen LogP contribution in [0.2, 0.25) is 5.82 Å². The van der Waals surface area contributed by atoms with Crippen LogP contribution in [0.3, 0.4) is 0 Å². The van der Waals surface area contributed by atoms with Gasteiger partial charge in [0, 0.05) is 0 Å². The molecule has 1 saturated heterocycles. The lowest BCUT2D eigenvalue weighted by Crippen LogP contribution is -2.41. The monoisotopic (exact) mass is 296 g/mol. The third-order valence-corrected chi connectivity index (χ3v) is 5.11. The predicted octanol–water partition coefficient (Wildman–Crippen LogP) is 4.86. The molecule has 0 N–H and O–H groups in total. The van der Waals surface area contributed by atoms with E-state index in [1.807, 2.05) is 0 Å². The summed E-state index contributed by atoms with van der Waals surface area (Å²) in [6, 6.07) is 15.2. The van der Waals surface area contributed by atoms with E-state index in [-0.39, 0.29) is 18.3 Å². The zero-order valence-corrected chi connectivity index (χ0v) is 14.2. The Balaban J connectivity index is 1.75. The maximum Gasteiger partial charge on any atom is 0.461 e. The third-order valence-electron chi connectivity index (χ3n) is 5.11. The van der Waals surface area contributed by atoms with Crippen molar-refractivity contribution in [3.63, 3.8) is 0 Å². The molecule has 116 valence electrons. The highest BCUT2D eigenvalue weighted by molar-refractivity contribution is 6.47. The summed E-state index contributed by atoms with van der Waals surface area (Å²) in [6.07, 6.45) is 0.960. The predicted molar refractivity (Wildman–Crippen MR) is 93.2 cm³/mol. The molecule has 0 saturated carbocycles. The first-order valence-corrected chi connectivity index (χ1v) is 8.12. The molecule has 0 aliphatic carbocycles. The Morgan fingerprint density at radius 2 is 1.50 bits per heavy atom. The molecule has 1 aliphatic rings. The summed E-state index contributed by atoms with van der Waals surface area (Å²) >= 11 is 0. The maximum absolute atomic E-state index is 6.16. The molecule has 1 heterocycles. The van der Waals surface area contributed by atoms with Crippen LogP contribution in [0.4, 0.5) is 0 Å². The van der Waals surface area contributed by atoms with Gasteiger partial charge in [0.1, 0.15) is 0 Å². The molecule has 0 spiro atoms. The average molecular weight is 296 g/mol. The normalized spacial score (nSPS) is 21.2. The van der Waals surface area contributed by atoms with Crippen LogP contribution in [0.5, 0.6) is 0 Å². The van der Waals surface area contributed by atoms with E-state index in [2.05, 4.69) is 77.1 Å². The quantitative estimate of drug-likeness (QED) is 0.753. The number of hydrogen-bond donors (Lipinski definition) is 0. The first kappa shape index (κ1) is 15.6. The molecule has 2 aromatic carbocycles. The first-order chi connectivity index (χ1) is 10.3. The Bertz CT molecular complexity index is 662. The summed E-state index contributed by atoms with van der Waals surface area (Å²) < 4.78 is 12.3. The van der Waals surface area contributed by atoms with Crippen molar-refractivity contribution in [1.82, 2.24) is 0 Å². The summed E-state index contributed by atoms with van der Waals surface area (Å²) in [4.78, 5) is 0. The van der Waals surface area contributed by atoms with E-state index in [1.54, 1.807) is 0 Å². The van der Waals surface area contributed by atoms with Crippen molar-refractivity contribution in [3.8, 4) is 0 Å². The van der Waals surface area contributed by atoms with Crippen molar-refractivity contribution in [3.05, 3.63) is 48.0 Å². The van der Waals surface area contributed by atoms with Crippen LogP contribution in [-0.4, -0.2) is 18.3 Å². The second-order valence-electron chi connectivity index (χ2n) is 7.49. The van der Waals surface area contributed by atoms with Gasteiger partial charge < -0.3 is 9.31 Å². The fourth-order valence-corrected chi connectivity index (χ4v) is 2.95. The summed E-state index contributed by atoms with van der Waals surface area (Å²) in [6.45, 7) is 10.6. The SMILES string of the molecule is CC(Cc1ccc2ccccc2c1)B1OC(C)(C)C(C)(C)O1. The largest absolute Gasteiger partial charge is 0.461 e. The Labute approximate surface area is 134 Å². The molecule has 1 fully saturated rings. The van der Waals surface area contributed by atoms with Gasteiger partial charge in [0.25, 0.3) is 0 Å². The van der Waals surface area contributed by atoms with Crippen molar-refractivity contribution in [2.75, 3.05) is 0 Å². The third kappa shape index (κ3) is 2.80. The molecular weight excluding hydrogens is 271 g/mol. The molecule has 1 unspecified atom stereocenters. The van der Waals surface area contributed by atoms with Gasteiger partial charge in [-0.05, 0) is 56.3 Å². The topological polar surface area (TPSA) is 18.5 Å². The van der Waals surface area contributed by atoms with Crippen LogP contribution in [0.25, 0.3) is 10.8 Å². The van der Waals surface area contributed by atoms with Crippen LogP contribution < -0.4 is 0 Å². The summed E-state index contributed by atoms with van der Waals surface area (Å²) in [5.74, 6) is 0.321. The zero-order valence-electron chi connectivity index (χ0n) is 14.2. The van der Waals surface area contributed by atoms with E-state index in [0.717, 1.165) is 6.42 Å². The average Bonchev–Trinajstić information content (AvgIpc) is 2.67. The lowest BCUT2D eigenvalue weighted by atomic mass is 9.70. The van der Waals surface area contributed by atoms with Crippen molar-refractivity contribution in [1.29, 1.82) is 0 Å². The Kier molecular flexibility index (Phi) is 3.82. The van der Waals surface area contributed by atoms with Crippen LogP contribution in [-0.2, 0) is 15.7 Å².